The first kappa shape index (κ1) is 32.4. The Morgan fingerprint density at radius 2 is 1.90 bits per heavy atom. The Hall–Kier alpha value is -5.17. The maximum absolute atomic E-state index is 14.1. The van der Waals surface area contributed by atoms with Gasteiger partial charge in [0.15, 0.2) is 23.5 Å². The molecular formula is C36H39N5O8. The summed E-state index contributed by atoms with van der Waals surface area (Å²) in [6.07, 6.45) is -0.870. The summed E-state index contributed by atoms with van der Waals surface area (Å²) < 4.78 is 24.1. The lowest BCUT2D eigenvalue weighted by Crippen LogP contribution is -2.41. The fraction of sp³-hybridized carbons (Fsp3) is 0.417. The van der Waals surface area contributed by atoms with Crippen LogP contribution in [0.1, 0.15) is 74.2 Å². The van der Waals surface area contributed by atoms with Crippen molar-refractivity contribution in [1.29, 1.82) is 0 Å². The van der Waals surface area contributed by atoms with Crippen LogP contribution >= 0.6 is 0 Å². The van der Waals surface area contributed by atoms with Crippen molar-refractivity contribution in [1.82, 2.24) is 20.6 Å². The second kappa shape index (κ2) is 12.4. The molecule has 0 fully saturated rings. The van der Waals surface area contributed by atoms with Gasteiger partial charge in [0.05, 0.1) is 19.3 Å². The summed E-state index contributed by atoms with van der Waals surface area (Å²) in [6, 6.07) is 13.0. The van der Waals surface area contributed by atoms with Gasteiger partial charge in [0.25, 0.3) is 0 Å². The zero-order chi connectivity index (χ0) is 34.6. The Labute approximate surface area is 282 Å². The van der Waals surface area contributed by atoms with E-state index in [2.05, 4.69) is 25.7 Å². The number of carbonyl (C=O) groups excluding carboxylic acids is 3. The highest BCUT2D eigenvalue weighted by Gasteiger charge is 2.61. The Morgan fingerprint density at radius 3 is 2.65 bits per heavy atom. The van der Waals surface area contributed by atoms with Crippen molar-refractivity contribution in [3.05, 3.63) is 82.8 Å². The quantitative estimate of drug-likeness (QED) is 0.206. The molecule has 0 saturated carbocycles. The van der Waals surface area contributed by atoms with Gasteiger partial charge in [-0.05, 0) is 41.5 Å². The summed E-state index contributed by atoms with van der Waals surface area (Å²) in [5, 5.41) is 19.8. The number of ether oxygens (including phenoxy) is 2. The molecule has 49 heavy (non-hydrogen) atoms. The van der Waals surface area contributed by atoms with Crippen LogP contribution in [0.2, 0.25) is 0 Å². The molecule has 13 nitrogen and oxygen atoms in total. The molecule has 4 N–H and O–H groups in total. The number of methoxy groups -OCH3 is 1. The summed E-state index contributed by atoms with van der Waals surface area (Å²) >= 11 is 0. The first-order valence-corrected chi connectivity index (χ1v) is 16.5. The van der Waals surface area contributed by atoms with E-state index in [1.54, 1.807) is 13.8 Å². The lowest BCUT2D eigenvalue weighted by atomic mass is 9.72. The molecule has 256 valence electrons. The molecule has 4 aromatic rings. The van der Waals surface area contributed by atoms with Crippen molar-refractivity contribution in [2.75, 3.05) is 12.4 Å². The van der Waals surface area contributed by atoms with Crippen LogP contribution in [0.3, 0.4) is 0 Å². The normalized spacial score (nSPS) is 22.6. The summed E-state index contributed by atoms with van der Waals surface area (Å²) in [5.74, 6) is -0.543. The number of hydrogen-bond donors (Lipinski definition) is 4. The van der Waals surface area contributed by atoms with E-state index < -0.39 is 35.8 Å². The Morgan fingerprint density at radius 1 is 1.10 bits per heavy atom. The Kier molecular flexibility index (Phi) is 8.18. The van der Waals surface area contributed by atoms with Gasteiger partial charge in [0.2, 0.25) is 17.7 Å². The molecule has 2 unspecified atom stereocenters. The highest BCUT2D eigenvalue weighted by Crippen LogP contribution is 2.59. The van der Waals surface area contributed by atoms with Gasteiger partial charge < -0.3 is 39.4 Å². The summed E-state index contributed by atoms with van der Waals surface area (Å²) in [6.45, 7) is 7.48. The SMILES string of the molecule is COC(=O)NCc1coc(-c2nc3oc2C24c5ccccc5N[C@H]2Oc2ccc(cc24)CC(CC(=O)[C@@H](O)C(C)C)C(=O)N[C@H]3C(C)C)n1. The highest BCUT2D eigenvalue weighted by molar-refractivity contribution is 5.89. The predicted octanol–water partition coefficient (Wildman–Crippen LogP) is 4.63. The van der Waals surface area contributed by atoms with E-state index in [-0.39, 0.29) is 54.7 Å². The molecule has 0 radical (unpaired) electrons. The van der Waals surface area contributed by atoms with Crippen molar-refractivity contribution in [3.63, 3.8) is 0 Å². The van der Waals surface area contributed by atoms with Crippen LogP contribution in [-0.4, -0.2) is 52.3 Å². The maximum atomic E-state index is 14.1. The number of oxazole rings is 2. The molecule has 7 rings (SSSR count). The molecule has 13 heteroatoms. The second-order valence-corrected chi connectivity index (χ2v) is 13.5. The summed E-state index contributed by atoms with van der Waals surface area (Å²) in [5.41, 5.74) is 3.06. The number of para-hydroxylation sites is 1. The third kappa shape index (κ3) is 5.41. The first-order valence-electron chi connectivity index (χ1n) is 16.5. The highest BCUT2D eigenvalue weighted by atomic mass is 16.5. The van der Waals surface area contributed by atoms with Gasteiger partial charge in [0, 0.05) is 23.6 Å². The number of alkyl carbamates (subject to hydrolysis) is 1. The zero-order valence-corrected chi connectivity index (χ0v) is 27.9. The van der Waals surface area contributed by atoms with Crippen LogP contribution in [0, 0.1) is 17.8 Å². The van der Waals surface area contributed by atoms with Crippen molar-refractivity contribution in [2.24, 2.45) is 17.8 Å². The third-order valence-electron chi connectivity index (χ3n) is 9.59. The number of nitrogens with one attached hydrogen (secondary N) is 3. The van der Waals surface area contributed by atoms with Crippen molar-refractivity contribution >= 4 is 23.5 Å². The van der Waals surface area contributed by atoms with Crippen molar-refractivity contribution < 1.29 is 37.8 Å². The van der Waals surface area contributed by atoms with E-state index in [9.17, 15) is 19.5 Å². The average molecular weight is 670 g/mol. The lowest BCUT2D eigenvalue weighted by Gasteiger charge is -2.28. The molecule has 3 aliphatic rings. The van der Waals surface area contributed by atoms with Crippen molar-refractivity contribution in [2.45, 2.75) is 70.9 Å². The van der Waals surface area contributed by atoms with Crippen molar-refractivity contribution in [3.8, 4) is 17.3 Å². The molecule has 4 bridgehead atoms. The van der Waals surface area contributed by atoms with Gasteiger partial charge in [-0.1, -0.05) is 58.0 Å². The predicted molar refractivity (Wildman–Crippen MR) is 175 cm³/mol. The lowest BCUT2D eigenvalue weighted by molar-refractivity contribution is -0.135. The van der Waals surface area contributed by atoms with E-state index in [0.29, 0.717) is 22.9 Å². The number of ketones is 1. The van der Waals surface area contributed by atoms with E-state index in [1.165, 1.54) is 13.4 Å². The van der Waals surface area contributed by atoms with Gasteiger partial charge >= 0.3 is 6.09 Å². The second-order valence-electron chi connectivity index (χ2n) is 13.5. The largest absolute Gasteiger partial charge is 0.469 e. The Balaban J connectivity index is 1.43. The number of nitrogens with zero attached hydrogens (tertiary/aromatic N) is 2. The van der Waals surface area contributed by atoms with E-state index in [4.69, 9.17) is 18.6 Å². The molecule has 5 heterocycles. The number of fused-ring (bicyclic) bond motifs is 4. The third-order valence-corrected chi connectivity index (χ3v) is 9.59. The first-order chi connectivity index (χ1) is 23.5. The topological polar surface area (TPSA) is 178 Å². The molecule has 5 atom stereocenters. The number of aliphatic hydroxyl groups is 1. The number of aliphatic hydroxyl groups excluding tert-OH is 1. The number of amides is 2. The number of carbonyl (C=O) groups is 3. The number of rotatable bonds is 8. The van der Waals surface area contributed by atoms with Gasteiger partial charge in [-0.3, -0.25) is 9.59 Å². The number of Topliss-reactive ketones (excluding diaryl/α,β-unsaturated/α-hetero) is 1. The molecule has 0 aliphatic carbocycles. The van der Waals surface area contributed by atoms with E-state index in [0.717, 1.165) is 22.4 Å². The van der Waals surface area contributed by atoms with Crippen LogP contribution in [-0.2, 0) is 32.7 Å². The smallest absolute Gasteiger partial charge is 0.407 e. The molecule has 2 amide bonds. The minimum absolute atomic E-state index is 0.0555. The van der Waals surface area contributed by atoms with Crippen LogP contribution < -0.4 is 20.7 Å². The number of aromatic nitrogens is 2. The van der Waals surface area contributed by atoms with Crippen LogP contribution in [0.15, 0.2) is 57.6 Å². The van der Waals surface area contributed by atoms with Crippen LogP contribution in [0.4, 0.5) is 10.5 Å². The summed E-state index contributed by atoms with van der Waals surface area (Å²) in [7, 11) is 1.28. The molecule has 3 aliphatic heterocycles. The zero-order valence-electron chi connectivity index (χ0n) is 27.9. The molecule has 2 aromatic carbocycles. The molecular weight excluding hydrogens is 630 g/mol. The Bertz CT molecular complexity index is 1930. The van der Waals surface area contributed by atoms with Gasteiger partial charge in [-0.15, -0.1) is 0 Å². The minimum Gasteiger partial charge on any atom is -0.469 e. The molecule has 2 aromatic heterocycles. The number of anilines is 1. The van der Waals surface area contributed by atoms with Gasteiger partial charge in [-0.25, -0.2) is 14.8 Å². The molecule has 1 spiro atoms. The monoisotopic (exact) mass is 669 g/mol. The maximum Gasteiger partial charge on any atom is 0.407 e. The fourth-order valence-corrected chi connectivity index (χ4v) is 7.03. The van der Waals surface area contributed by atoms with E-state index >= 15 is 0 Å². The van der Waals surface area contributed by atoms with E-state index in [1.807, 2.05) is 56.3 Å². The minimum atomic E-state index is -1.18. The van der Waals surface area contributed by atoms with Crippen LogP contribution in [0.5, 0.6) is 5.75 Å². The van der Waals surface area contributed by atoms with Crippen LogP contribution in [0.25, 0.3) is 11.6 Å². The standard InChI is InChI=1S/C36H39N5O8/c1-17(2)27-33-41-28(32-38-21(16-47-32)15-37-35(45)46-5)30(49-33)36-22-8-6-7-9-24(22)39-34(36)48-26-11-10-19(13-23(26)36)12-20(31(44)40-27)14-25(42)29(43)18(3)4/h6-11,13,16-18,20,27,29,34,39,43H,12,14-15H2,1-5H3,(H,37,45)(H,40,44)/t20?,27-,29-,34-,36?/m0/s1. The average Bonchev–Trinajstić information content (AvgIpc) is 3.86. The van der Waals surface area contributed by atoms with Gasteiger partial charge in [-0.2, -0.15) is 0 Å². The van der Waals surface area contributed by atoms with Gasteiger partial charge in [0.1, 0.15) is 29.6 Å². The fourth-order valence-electron chi connectivity index (χ4n) is 7.03. The number of hydrogen-bond acceptors (Lipinski definition) is 11. The number of benzene rings is 2. The summed E-state index contributed by atoms with van der Waals surface area (Å²) in [4.78, 5) is 48.6. The molecule has 0 saturated heterocycles.